The number of nitrogens with one attached hydrogen (secondary N) is 2. The summed E-state index contributed by atoms with van der Waals surface area (Å²) in [7, 11) is 0. The number of hydrogen-bond acceptors (Lipinski definition) is 2. The van der Waals surface area contributed by atoms with Crippen LogP contribution in [0.2, 0.25) is 10.0 Å². The third kappa shape index (κ3) is 4.63. The molecule has 0 fully saturated rings. The molecule has 2 rings (SSSR count). The van der Waals surface area contributed by atoms with Gasteiger partial charge in [-0.15, -0.1) is 0 Å². The Bertz CT molecular complexity index is 647. The average Bonchev–Trinajstić information content (AvgIpc) is 2.45. The van der Waals surface area contributed by atoms with Crippen LogP contribution >= 0.6 is 23.2 Å². The summed E-state index contributed by atoms with van der Waals surface area (Å²) >= 11 is 12.0. The molecule has 2 amide bonds. The topological polar surface area (TPSA) is 50.4 Å². The van der Waals surface area contributed by atoms with Crippen LogP contribution in [-0.4, -0.2) is 6.03 Å². The number of hydrogen-bond donors (Lipinski definition) is 2. The Kier molecular flexibility index (Phi) is 5.44. The summed E-state index contributed by atoms with van der Waals surface area (Å²) < 4.78 is 0. The maximum atomic E-state index is 11.7. The molecule has 0 spiro atoms. The van der Waals surface area contributed by atoms with Gasteiger partial charge in [0.05, 0.1) is 0 Å². The summed E-state index contributed by atoms with van der Waals surface area (Å²) in [4.78, 5) is 16.8. The normalized spacial score (nSPS) is 10.2. The molecule has 0 aliphatic heterocycles. The standard InChI is InChI=1S/C15H14Cl2N2O2/c1-10-6-7-12(8-14(10)17)18-15(20)19-21-9-11-4-2-3-5-13(11)16/h2-8H,9H2,1H3,(H2,18,19,20). The molecule has 0 heterocycles. The summed E-state index contributed by atoms with van der Waals surface area (Å²) in [6.07, 6.45) is 0. The smallest absolute Gasteiger partial charge is 0.306 e. The fourth-order valence-electron chi connectivity index (χ4n) is 1.62. The van der Waals surface area contributed by atoms with Crippen molar-refractivity contribution in [3.05, 3.63) is 63.6 Å². The number of carbonyl (C=O) groups is 1. The number of rotatable bonds is 4. The summed E-state index contributed by atoms with van der Waals surface area (Å²) in [6, 6.07) is 12.0. The molecular weight excluding hydrogens is 311 g/mol. The van der Waals surface area contributed by atoms with Crippen LogP contribution in [0.3, 0.4) is 0 Å². The molecule has 110 valence electrons. The van der Waals surface area contributed by atoms with Crippen LogP contribution in [0.25, 0.3) is 0 Å². The molecule has 0 atom stereocenters. The molecule has 0 saturated carbocycles. The summed E-state index contributed by atoms with van der Waals surface area (Å²) in [5, 5.41) is 3.79. The molecule has 2 aromatic rings. The van der Waals surface area contributed by atoms with E-state index in [4.69, 9.17) is 28.0 Å². The number of halogens is 2. The van der Waals surface area contributed by atoms with Gasteiger partial charge in [-0.2, -0.15) is 0 Å². The van der Waals surface area contributed by atoms with E-state index >= 15 is 0 Å². The molecule has 0 aliphatic rings. The second kappa shape index (κ2) is 7.31. The third-order valence-electron chi connectivity index (χ3n) is 2.78. The molecule has 0 aliphatic carbocycles. The third-order valence-corrected chi connectivity index (χ3v) is 3.56. The number of anilines is 1. The maximum Gasteiger partial charge on any atom is 0.343 e. The lowest BCUT2D eigenvalue weighted by Crippen LogP contribution is -2.28. The van der Waals surface area contributed by atoms with Crippen molar-refractivity contribution in [3.63, 3.8) is 0 Å². The van der Waals surface area contributed by atoms with Crippen LogP contribution < -0.4 is 10.8 Å². The van der Waals surface area contributed by atoms with Crippen molar-refractivity contribution in [2.75, 3.05) is 5.32 Å². The minimum Gasteiger partial charge on any atom is -0.306 e. The van der Waals surface area contributed by atoms with Crippen LogP contribution in [0.1, 0.15) is 11.1 Å². The van der Waals surface area contributed by atoms with Gasteiger partial charge in [0.1, 0.15) is 6.61 Å². The zero-order valence-corrected chi connectivity index (χ0v) is 12.8. The van der Waals surface area contributed by atoms with E-state index in [0.717, 1.165) is 11.1 Å². The molecule has 0 aromatic heterocycles. The van der Waals surface area contributed by atoms with E-state index in [2.05, 4.69) is 10.8 Å². The van der Waals surface area contributed by atoms with Crippen molar-refractivity contribution in [1.82, 2.24) is 5.48 Å². The zero-order chi connectivity index (χ0) is 15.2. The van der Waals surface area contributed by atoms with Crippen LogP contribution in [0, 0.1) is 6.92 Å². The highest BCUT2D eigenvalue weighted by Gasteiger charge is 2.04. The molecule has 0 saturated heterocycles. The van der Waals surface area contributed by atoms with E-state index in [1.54, 1.807) is 18.2 Å². The molecule has 4 nitrogen and oxygen atoms in total. The largest absolute Gasteiger partial charge is 0.343 e. The highest BCUT2D eigenvalue weighted by molar-refractivity contribution is 6.31. The number of urea groups is 1. The molecule has 2 aromatic carbocycles. The SMILES string of the molecule is Cc1ccc(NC(=O)NOCc2ccccc2Cl)cc1Cl. The lowest BCUT2D eigenvalue weighted by molar-refractivity contribution is 0.0536. The van der Waals surface area contributed by atoms with Gasteiger partial charge in [-0.05, 0) is 36.2 Å². The van der Waals surface area contributed by atoms with Crippen LogP contribution in [0.4, 0.5) is 10.5 Å². The van der Waals surface area contributed by atoms with E-state index < -0.39 is 6.03 Å². The summed E-state index contributed by atoms with van der Waals surface area (Å²) in [5.41, 5.74) is 4.61. The Labute approximate surface area is 133 Å². The number of hydroxylamine groups is 1. The van der Waals surface area contributed by atoms with Crippen LogP contribution in [0.5, 0.6) is 0 Å². The fourth-order valence-corrected chi connectivity index (χ4v) is 1.99. The van der Waals surface area contributed by atoms with Gasteiger partial charge in [0.25, 0.3) is 0 Å². The summed E-state index contributed by atoms with van der Waals surface area (Å²) in [6.45, 7) is 2.07. The number of carbonyl (C=O) groups excluding carboxylic acids is 1. The Morgan fingerprint density at radius 2 is 1.90 bits per heavy atom. The van der Waals surface area contributed by atoms with E-state index in [9.17, 15) is 4.79 Å². The molecule has 0 radical (unpaired) electrons. The van der Waals surface area contributed by atoms with E-state index in [1.807, 2.05) is 31.2 Å². The van der Waals surface area contributed by atoms with Crippen molar-refractivity contribution < 1.29 is 9.63 Å². The van der Waals surface area contributed by atoms with E-state index in [1.165, 1.54) is 0 Å². The molecule has 2 N–H and O–H groups in total. The van der Waals surface area contributed by atoms with Gasteiger partial charge in [-0.1, -0.05) is 47.5 Å². The van der Waals surface area contributed by atoms with Gasteiger partial charge in [0.2, 0.25) is 0 Å². The van der Waals surface area contributed by atoms with Gasteiger partial charge in [0.15, 0.2) is 0 Å². The molecule has 0 unspecified atom stereocenters. The minimum atomic E-state index is -0.484. The molecule has 21 heavy (non-hydrogen) atoms. The van der Waals surface area contributed by atoms with Gasteiger partial charge in [-0.25, -0.2) is 10.3 Å². The number of benzene rings is 2. The van der Waals surface area contributed by atoms with E-state index in [0.29, 0.717) is 15.7 Å². The predicted octanol–water partition coefficient (Wildman–Crippen LogP) is 4.56. The average molecular weight is 325 g/mol. The Morgan fingerprint density at radius 1 is 1.14 bits per heavy atom. The van der Waals surface area contributed by atoms with Crippen molar-refractivity contribution in [3.8, 4) is 0 Å². The van der Waals surface area contributed by atoms with Crippen molar-refractivity contribution in [2.45, 2.75) is 13.5 Å². The first-order valence-corrected chi connectivity index (χ1v) is 7.00. The minimum absolute atomic E-state index is 0.182. The maximum absolute atomic E-state index is 11.7. The zero-order valence-electron chi connectivity index (χ0n) is 11.3. The van der Waals surface area contributed by atoms with Crippen molar-refractivity contribution in [2.24, 2.45) is 0 Å². The Hall–Kier alpha value is -1.75. The second-order valence-electron chi connectivity index (χ2n) is 4.40. The Balaban J connectivity index is 1.82. The number of aryl methyl sites for hydroxylation is 1. The highest BCUT2D eigenvalue weighted by atomic mass is 35.5. The van der Waals surface area contributed by atoms with Gasteiger partial charge < -0.3 is 5.32 Å². The first kappa shape index (κ1) is 15.6. The first-order valence-electron chi connectivity index (χ1n) is 6.24. The second-order valence-corrected chi connectivity index (χ2v) is 5.21. The van der Waals surface area contributed by atoms with Crippen LogP contribution in [-0.2, 0) is 11.4 Å². The predicted molar refractivity (Wildman–Crippen MR) is 84.6 cm³/mol. The van der Waals surface area contributed by atoms with E-state index in [-0.39, 0.29) is 6.61 Å². The van der Waals surface area contributed by atoms with Crippen LogP contribution in [0.15, 0.2) is 42.5 Å². The van der Waals surface area contributed by atoms with Gasteiger partial charge >= 0.3 is 6.03 Å². The quantitative estimate of drug-likeness (QED) is 0.810. The highest BCUT2D eigenvalue weighted by Crippen LogP contribution is 2.20. The molecule has 6 heteroatoms. The molecular formula is C15H14Cl2N2O2. The summed E-state index contributed by atoms with van der Waals surface area (Å²) in [5.74, 6) is 0. The Morgan fingerprint density at radius 3 is 2.62 bits per heavy atom. The monoisotopic (exact) mass is 324 g/mol. The number of amides is 2. The van der Waals surface area contributed by atoms with Gasteiger partial charge in [0, 0.05) is 15.7 Å². The molecule has 0 bridgehead atoms. The first-order chi connectivity index (χ1) is 10.1. The van der Waals surface area contributed by atoms with Crippen molar-refractivity contribution in [1.29, 1.82) is 0 Å². The van der Waals surface area contributed by atoms with Crippen molar-refractivity contribution >= 4 is 34.9 Å². The lowest BCUT2D eigenvalue weighted by atomic mass is 10.2. The fraction of sp³-hybridized carbons (Fsp3) is 0.133. The lowest BCUT2D eigenvalue weighted by Gasteiger charge is -2.09. The van der Waals surface area contributed by atoms with Gasteiger partial charge in [-0.3, -0.25) is 4.84 Å².